The number of hydrogen-bond donors (Lipinski definition) is 2. The van der Waals surface area contributed by atoms with E-state index in [-0.39, 0.29) is 6.10 Å². The number of hydrogen-bond acceptors (Lipinski definition) is 3. The van der Waals surface area contributed by atoms with E-state index in [1.807, 2.05) is 0 Å². The summed E-state index contributed by atoms with van der Waals surface area (Å²) in [5, 5.41) is 18.2. The van der Waals surface area contributed by atoms with Gasteiger partial charge in [-0.3, -0.25) is 0 Å². The first kappa shape index (κ1) is 8.70. The minimum absolute atomic E-state index is 0.314. The Balaban J connectivity index is 2.53. The van der Waals surface area contributed by atoms with Crippen LogP contribution in [0.25, 0.3) is 0 Å². The highest BCUT2D eigenvalue weighted by atomic mass is 127. The highest BCUT2D eigenvalue weighted by Crippen LogP contribution is 2.21. The van der Waals surface area contributed by atoms with Crippen LogP contribution in [0, 0.1) is 6.92 Å². The summed E-state index contributed by atoms with van der Waals surface area (Å²) in [7, 11) is 0. The topological polar surface area (TPSA) is 49.7 Å². The predicted molar refractivity (Wildman–Crippen MR) is 43.9 cm³/mol. The normalized spacial score (nSPS) is 48.0. The van der Waals surface area contributed by atoms with Crippen molar-refractivity contribution < 1.29 is 14.9 Å². The number of aliphatic hydroxyl groups is 2. The maximum Gasteiger partial charge on any atom is 0.109 e. The quantitative estimate of drug-likeness (QED) is 0.496. The molecule has 4 heteroatoms. The van der Waals surface area contributed by atoms with Crippen molar-refractivity contribution in [2.24, 2.45) is 0 Å². The molecule has 0 aromatic heterocycles. The molecular weight excluding hydrogens is 247 g/mol. The van der Waals surface area contributed by atoms with Gasteiger partial charge in [0.15, 0.2) is 0 Å². The third-order valence-corrected chi connectivity index (χ3v) is 2.42. The minimum Gasteiger partial charge on any atom is -0.388 e. The Morgan fingerprint density at radius 1 is 1.40 bits per heavy atom. The lowest BCUT2D eigenvalue weighted by Gasteiger charge is -2.10. The fourth-order valence-electron chi connectivity index (χ4n) is 0.905. The average molecular weight is 256 g/mol. The van der Waals surface area contributed by atoms with Crippen molar-refractivity contribution in [2.75, 3.05) is 4.43 Å². The van der Waals surface area contributed by atoms with Crippen molar-refractivity contribution in [3.05, 3.63) is 6.92 Å². The van der Waals surface area contributed by atoms with Gasteiger partial charge in [0.2, 0.25) is 0 Å². The van der Waals surface area contributed by atoms with E-state index in [0.29, 0.717) is 4.43 Å². The summed E-state index contributed by atoms with van der Waals surface area (Å²) >= 11 is 2.07. The van der Waals surface area contributed by atoms with Gasteiger partial charge < -0.3 is 14.9 Å². The molecule has 0 amide bonds. The van der Waals surface area contributed by atoms with Crippen molar-refractivity contribution in [1.29, 1.82) is 0 Å². The van der Waals surface area contributed by atoms with Gasteiger partial charge in [-0.2, -0.15) is 0 Å². The third kappa shape index (κ3) is 1.44. The number of ether oxygens (including phenoxy) is 1. The van der Waals surface area contributed by atoms with Crippen molar-refractivity contribution in [1.82, 2.24) is 0 Å². The van der Waals surface area contributed by atoms with Crippen LogP contribution in [0.3, 0.4) is 0 Å². The first-order chi connectivity index (χ1) is 4.66. The average Bonchev–Trinajstić information content (AvgIpc) is 2.17. The third-order valence-electron chi connectivity index (χ3n) is 1.55. The lowest BCUT2D eigenvalue weighted by Crippen LogP contribution is -2.32. The van der Waals surface area contributed by atoms with Gasteiger partial charge in [-0.25, -0.2) is 0 Å². The summed E-state index contributed by atoms with van der Waals surface area (Å²) in [6.45, 7) is 5.30. The van der Waals surface area contributed by atoms with Crippen molar-refractivity contribution in [3.63, 3.8) is 0 Å². The molecule has 3 nitrogen and oxygen atoms in total. The Morgan fingerprint density at radius 2 is 2.00 bits per heavy atom. The Morgan fingerprint density at radius 3 is 2.20 bits per heavy atom. The fourth-order valence-corrected chi connectivity index (χ4v) is 1.63. The summed E-state index contributed by atoms with van der Waals surface area (Å²) in [4.78, 5) is 0. The summed E-state index contributed by atoms with van der Waals surface area (Å²) in [6.07, 6.45) is -2.80. The molecule has 1 unspecified atom stereocenters. The van der Waals surface area contributed by atoms with E-state index in [9.17, 15) is 0 Å². The molecule has 1 aliphatic rings. The molecule has 0 spiro atoms. The van der Waals surface area contributed by atoms with Crippen LogP contribution in [0.4, 0.5) is 0 Å². The van der Waals surface area contributed by atoms with Crippen LogP contribution in [0.15, 0.2) is 0 Å². The molecule has 4 atom stereocenters. The number of alkyl halides is 1. The minimum atomic E-state index is -0.931. The second-order valence-electron chi connectivity index (χ2n) is 2.27. The largest absolute Gasteiger partial charge is 0.388 e. The van der Waals surface area contributed by atoms with E-state index in [2.05, 4.69) is 22.6 Å². The molecule has 0 aliphatic carbocycles. The first-order valence-corrected chi connectivity index (χ1v) is 4.52. The van der Waals surface area contributed by atoms with Crippen LogP contribution in [0.2, 0.25) is 0 Å². The molecule has 1 heterocycles. The zero-order chi connectivity index (χ0) is 7.72. The van der Waals surface area contributed by atoms with Gasteiger partial charge in [0.05, 0.1) is 12.2 Å². The molecule has 0 aromatic rings. The highest BCUT2D eigenvalue weighted by Gasteiger charge is 2.39. The second kappa shape index (κ2) is 3.34. The fraction of sp³-hybridized carbons (Fsp3) is 0.833. The van der Waals surface area contributed by atoms with Crippen LogP contribution in [-0.4, -0.2) is 39.1 Å². The first-order valence-electron chi connectivity index (χ1n) is 3.00. The van der Waals surface area contributed by atoms with Gasteiger partial charge >= 0.3 is 0 Å². The Bertz CT molecular complexity index is 120. The van der Waals surface area contributed by atoms with E-state index in [0.717, 1.165) is 0 Å². The standard InChI is InChI=1S/C6H9IO3/c1-3-5(8)6(9)4(2-7)10-3/h1,3-6,8-9H,2H2/t3-,4+,5?,6-/m0/s1. The predicted octanol–water partition coefficient (Wildman–Crippen LogP) is -0.378. The number of rotatable bonds is 1. The van der Waals surface area contributed by atoms with E-state index in [1.165, 1.54) is 0 Å². The molecule has 0 saturated carbocycles. The molecule has 1 fully saturated rings. The molecule has 0 aromatic carbocycles. The van der Waals surface area contributed by atoms with Crippen LogP contribution < -0.4 is 0 Å². The van der Waals surface area contributed by atoms with E-state index in [1.54, 1.807) is 0 Å². The SMILES string of the molecule is [CH][C@@H]1O[C@H](CI)[C@H](O)C1O. The number of aliphatic hydroxyl groups excluding tert-OH is 2. The Kier molecular flexibility index (Phi) is 2.91. The van der Waals surface area contributed by atoms with E-state index < -0.39 is 18.3 Å². The molecule has 58 valence electrons. The van der Waals surface area contributed by atoms with Crippen LogP contribution in [0.5, 0.6) is 0 Å². The zero-order valence-electron chi connectivity index (χ0n) is 5.27. The van der Waals surface area contributed by atoms with Crippen molar-refractivity contribution in [3.8, 4) is 0 Å². The van der Waals surface area contributed by atoms with Crippen molar-refractivity contribution >= 4 is 22.6 Å². The lowest BCUT2D eigenvalue weighted by molar-refractivity contribution is 0.0348. The van der Waals surface area contributed by atoms with Gasteiger partial charge in [0, 0.05) is 4.43 Å². The molecule has 10 heavy (non-hydrogen) atoms. The molecule has 1 aliphatic heterocycles. The van der Waals surface area contributed by atoms with E-state index >= 15 is 0 Å². The lowest BCUT2D eigenvalue weighted by atomic mass is 10.1. The Labute approximate surface area is 73.5 Å². The molecule has 2 radical (unpaired) electrons. The summed E-state index contributed by atoms with van der Waals surface area (Å²) in [6, 6.07) is 0. The molecule has 2 N–H and O–H groups in total. The zero-order valence-corrected chi connectivity index (χ0v) is 7.43. The summed E-state index contributed by atoms with van der Waals surface area (Å²) in [5.41, 5.74) is 0. The second-order valence-corrected chi connectivity index (χ2v) is 3.16. The highest BCUT2D eigenvalue weighted by molar-refractivity contribution is 14.1. The summed E-state index contributed by atoms with van der Waals surface area (Å²) in [5.74, 6) is 0. The van der Waals surface area contributed by atoms with Crippen LogP contribution >= 0.6 is 22.6 Å². The molecule has 0 bridgehead atoms. The van der Waals surface area contributed by atoms with Gasteiger partial charge in [0.25, 0.3) is 0 Å². The molecular formula is C6H9IO3. The number of halogens is 1. The molecule has 1 saturated heterocycles. The van der Waals surface area contributed by atoms with Gasteiger partial charge in [-0.15, -0.1) is 0 Å². The summed E-state index contributed by atoms with van der Waals surface area (Å²) < 4.78 is 5.65. The van der Waals surface area contributed by atoms with Crippen LogP contribution in [-0.2, 0) is 4.74 Å². The monoisotopic (exact) mass is 256 g/mol. The molecule has 1 rings (SSSR count). The smallest absolute Gasteiger partial charge is 0.109 e. The van der Waals surface area contributed by atoms with Gasteiger partial charge in [-0.1, -0.05) is 22.6 Å². The van der Waals surface area contributed by atoms with Gasteiger partial charge in [0.1, 0.15) is 12.2 Å². The van der Waals surface area contributed by atoms with E-state index in [4.69, 9.17) is 21.9 Å². The van der Waals surface area contributed by atoms with Crippen LogP contribution in [0.1, 0.15) is 0 Å². The van der Waals surface area contributed by atoms with Gasteiger partial charge in [-0.05, 0) is 6.92 Å². The Hall–Kier alpha value is 0.610. The van der Waals surface area contributed by atoms with Crippen molar-refractivity contribution in [2.45, 2.75) is 24.4 Å². The maximum absolute atomic E-state index is 9.17. The maximum atomic E-state index is 9.17.